The number of hydrogen-bond donors (Lipinski definition) is 3. The highest BCUT2D eigenvalue weighted by molar-refractivity contribution is 5.44. The number of halogens is 1. The highest BCUT2D eigenvalue weighted by Gasteiger charge is 2.26. The Kier molecular flexibility index (Phi) is 5.02. The van der Waals surface area contributed by atoms with E-state index in [-0.39, 0.29) is 12.4 Å². The topological polar surface area (TPSA) is 70.1 Å². The molecule has 1 saturated carbocycles. The summed E-state index contributed by atoms with van der Waals surface area (Å²) in [6.45, 7) is 1.37. The number of hydrogen-bond acceptors (Lipinski definition) is 5. The van der Waals surface area contributed by atoms with E-state index < -0.39 is 0 Å². The van der Waals surface area contributed by atoms with E-state index in [4.69, 9.17) is 5.11 Å². The van der Waals surface area contributed by atoms with Crippen molar-refractivity contribution >= 4 is 11.8 Å². The van der Waals surface area contributed by atoms with Crippen molar-refractivity contribution in [2.45, 2.75) is 31.7 Å². The van der Waals surface area contributed by atoms with Gasteiger partial charge in [-0.05, 0) is 37.0 Å². The zero-order valence-electron chi connectivity index (χ0n) is 12.9. The van der Waals surface area contributed by atoms with Crippen LogP contribution in [0.4, 0.5) is 16.2 Å². The van der Waals surface area contributed by atoms with E-state index in [9.17, 15) is 4.39 Å². The molecule has 0 atom stereocenters. The number of aliphatic hydroxyl groups excluding tert-OH is 1. The first-order chi connectivity index (χ1) is 11.2. The zero-order valence-corrected chi connectivity index (χ0v) is 12.9. The third kappa shape index (κ3) is 4.63. The van der Waals surface area contributed by atoms with Gasteiger partial charge in [-0.25, -0.2) is 9.37 Å². The minimum Gasteiger partial charge on any atom is -0.396 e. The lowest BCUT2D eigenvalue weighted by Crippen LogP contribution is -2.10. The van der Waals surface area contributed by atoms with E-state index in [0.29, 0.717) is 31.4 Å². The molecule has 0 aliphatic heterocycles. The third-order valence-corrected chi connectivity index (χ3v) is 3.75. The molecule has 0 bridgehead atoms. The summed E-state index contributed by atoms with van der Waals surface area (Å²) in [6, 6.07) is 8.40. The predicted octanol–water partition coefficient (Wildman–Crippen LogP) is 2.90. The lowest BCUT2D eigenvalue weighted by molar-refractivity contribution is 0.292. The van der Waals surface area contributed by atoms with E-state index in [1.54, 1.807) is 12.1 Å². The zero-order chi connectivity index (χ0) is 16.1. The molecule has 0 amide bonds. The van der Waals surface area contributed by atoms with Gasteiger partial charge in [0.1, 0.15) is 11.6 Å². The van der Waals surface area contributed by atoms with Crippen molar-refractivity contribution in [2.24, 2.45) is 0 Å². The van der Waals surface area contributed by atoms with Crippen molar-refractivity contribution in [3.63, 3.8) is 0 Å². The fourth-order valence-electron chi connectivity index (χ4n) is 2.30. The van der Waals surface area contributed by atoms with Gasteiger partial charge < -0.3 is 15.7 Å². The van der Waals surface area contributed by atoms with Gasteiger partial charge in [-0.3, -0.25) is 0 Å². The summed E-state index contributed by atoms with van der Waals surface area (Å²) in [5.74, 6) is 1.65. The highest BCUT2D eigenvalue weighted by atomic mass is 19.1. The van der Waals surface area contributed by atoms with Crippen LogP contribution in [0.1, 0.15) is 36.4 Å². The van der Waals surface area contributed by atoms with Crippen LogP contribution in [0.3, 0.4) is 0 Å². The molecule has 1 aromatic heterocycles. The summed E-state index contributed by atoms with van der Waals surface area (Å²) < 4.78 is 12.9. The number of nitrogens with one attached hydrogen (secondary N) is 2. The number of rotatable bonds is 8. The molecule has 122 valence electrons. The molecule has 0 unspecified atom stereocenters. The highest BCUT2D eigenvalue weighted by Crippen LogP contribution is 2.39. The Morgan fingerprint density at radius 2 is 1.91 bits per heavy atom. The maximum atomic E-state index is 12.9. The number of benzene rings is 1. The van der Waals surface area contributed by atoms with Gasteiger partial charge in [-0.15, -0.1) is 0 Å². The molecule has 0 radical (unpaired) electrons. The van der Waals surface area contributed by atoms with Crippen molar-refractivity contribution in [1.82, 2.24) is 9.97 Å². The van der Waals surface area contributed by atoms with Crippen molar-refractivity contribution < 1.29 is 9.50 Å². The molecule has 1 aromatic carbocycles. The van der Waals surface area contributed by atoms with Crippen molar-refractivity contribution in [2.75, 3.05) is 23.8 Å². The molecule has 23 heavy (non-hydrogen) atoms. The number of aliphatic hydroxyl groups is 1. The molecule has 0 spiro atoms. The lowest BCUT2D eigenvalue weighted by atomic mass is 10.2. The van der Waals surface area contributed by atoms with Crippen LogP contribution in [0.15, 0.2) is 30.3 Å². The van der Waals surface area contributed by atoms with Crippen LogP contribution < -0.4 is 10.6 Å². The van der Waals surface area contributed by atoms with Crippen molar-refractivity contribution in [3.8, 4) is 0 Å². The Morgan fingerprint density at radius 3 is 2.61 bits per heavy atom. The van der Waals surface area contributed by atoms with Crippen LogP contribution in [0, 0.1) is 5.82 Å². The Morgan fingerprint density at radius 1 is 1.13 bits per heavy atom. The van der Waals surface area contributed by atoms with Gasteiger partial charge in [-0.2, -0.15) is 4.98 Å². The Balaban J connectivity index is 1.68. The summed E-state index contributed by atoms with van der Waals surface area (Å²) >= 11 is 0. The van der Waals surface area contributed by atoms with Gasteiger partial charge in [-0.1, -0.05) is 12.1 Å². The van der Waals surface area contributed by atoms with E-state index in [1.807, 2.05) is 6.07 Å². The third-order valence-electron chi connectivity index (χ3n) is 3.75. The molecule has 2 aromatic rings. The van der Waals surface area contributed by atoms with Crippen LogP contribution in [0.5, 0.6) is 0 Å². The standard InChI is InChI=1S/C17H21FN4O/c18-14-6-2-12(3-7-14)11-20-16-10-15(13-4-5-13)21-17(22-16)19-8-1-9-23/h2-3,6-7,10,13,23H,1,4-5,8-9,11H2,(H2,19,20,21,22). The smallest absolute Gasteiger partial charge is 0.224 e. The lowest BCUT2D eigenvalue weighted by Gasteiger charge is -2.11. The maximum absolute atomic E-state index is 12.9. The molecule has 0 saturated heterocycles. The first-order valence-electron chi connectivity index (χ1n) is 7.96. The number of nitrogens with zero attached hydrogens (tertiary/aromatic N) is 2. The van der Waals surface area contributed by atoms with Crippen LogP contribution in [-0.4, -0.2) is 28.2 Å². The average Bonchev–Trinajstić information content (AvgIpc) is 3.39. The van der Waals surface area contributed by atoms with Crippen LogP contribution >= 0.6 is 0 Å². The molecule has 6 heteroatoms. The quantitative estimate of drug-likeness (QED) is 0.653. The summed E-state index contributed by atoms with van der Waals surface area (Å²) in [5, 5.41) is 15.3. The Labute approximate surface area is 135 Å². The first kappa shape index (κ1) is 15.7. The second-order valence-electron chi connectivity index (χ2n) is 5.76. The van der Waals surface area contributed by atoms with Crippen LogP contribution in [-0.2, 0) is 6.54 Å². The molecule has 1 aliphatic rings. The predicted molar refractivity (Wildman–Crippen MR) is 87.9 cm³/mol. The molecule has 1 aliphatic carbocycles. The normalized spacial score (nSPS) is 13.8. The van der Waals surface area contributed by atoms with Gasteiger partial charge in [0, 0.05) is 31.7 Å². The number of aromatic nitrogens is 2. The summed E-state index contributed by atoms with van der Waals surface area (Å²) in [6.07, 6.45) is 3.00. The summed E-state index contributed by atoms with van der Waals surface area (Å²) in [4.78, 5) is 9.00. The molecule has 3 N–H and O–H groups in total. The van der Waals surface area contributed by atoms with Crippen LogP contribution in [0.2, 0.25) is 0 Å². The molecular weight excluding hydrogens is 295 g/mol. The largest absolute Gasteiger partial charge is 0.396 e. The van der Waals surface area contributed by atoms with E-state index >= 15 is 0 Å². The SMILES string of the molecule is OCCCNc1nc(NCc2ccc(F)cc2)cc(C2CC2)n1. The van der Waals surface area contributed by atoms with Gasteiger partial charge >= 0.3 is 0 Å². The first-order valence-corrected chi connectivity index (χ1v) is 7.96. The second kappa shape index (κ2) is 7.37. The fourth-order valence-corrected chi connectivity index (χ4v) is 2.30. The summed E-state index contributed by atoms with van der Waals surface area (Å²) in [7, 11) is 0. The Bertz CT molecular complexity index is 644. The molecular formula is C17H21FN4O. The summed E-state index contributed by atoms with van der Waals surface area (Å²) in [5.41, 5.74) is 2.04. The average molecular weight is 316 g/mol. The molecule has 1 fully saturated rings. The molecule has 3 rings (SSSR count). The minimum atomic E-state index is -0.234. The fraction of sp³-hybridized carbons (Fsp3) is 0.412. The van der Waals surface area contributed by atoms with Gasteiger partial charge in [0.15, 0.2) is 0 Å². The second-order valence-corrected chi connectivity index (χ2v) is 5.76. The van der Waals surface area contributed by atoms with Crippen LogP contribution in [0.25, 0.3) is 0 Å². The molecule has 1 heterocycles. The Hall–Kier alpha value is -2.21. The van der Waals surface area contributed by atoms with Gasteiger partial charge in [0.25, 0.3) is 0 Å². The van der Waals surface area contributed by atoms with E-state index in [0.717, 1.165) is 17.1 Å². The van der Waals surface area contributed by atoms with E-state index in [2.05, 4.69) is 20.6 Å². The monoisotopic (exact) mass is 316 g/mol. The van der Waals surface area contributed by atoms with Gasteiger partial charge in [0.2, 0.25) is 5.95 Å². The van der Waals surface area contributed by atoms with Crippen molar-refractivity contribution in [1.29, 1.82) is 0 Å². The van der Waals surface area contributed by atoms with Crippen molar-refractivity contribution in [3.05, 3.63) is 47.4 Å². The molecule has 5 nitrogen and oxygen atoms in total. The maximum Gasteiger partial charge on any atom is 0.224 e. The minimum absolute atomic E-state index is 0.144. The number of anilines is 2. The van der Waals surface area contributed by atoms with E-state index in [1.165, 1.54) is 25.0 Å². The van der Waals surface area contributed by atoms with Gasteiger partial charge in [0.05, 0.1) is 5.69 Å².